The Morgan fingerprint density at radius 1 is 0.941 bits per heavy atom. The maximum absolute atomic E-state index is 12.7. The lowest BCUT2D eigenvalue weighted by Crippen LogP contribution is -2.60. The van der Waals surface area contributed by atoms with Crippen LogP contribution in [0.15, 0.2) is 39.5 Å². The Morgan fingerprint density at radius 3 is 2.35 bits per heavy atom. The Morgan fingerprint density at radius 2 is 1.68 bits per heavy atom. The van der Waals surface area contributed by atoms with Gasteiger partial charge in [0.05, 0.1) is 13.7 Å². The van der Waals surface area contributed by atoms with E-state index in [1.165, 1.54) is 25.3 Å². The van der Waals surface area contributed by atoms with E-state index in [9.17, 15) is 40.5 Å². The Bertz CT molecular complexity index is 1270. The highest BCUT2D eigenvalue weighted by atomic mass is 16.7. The molecular formula is C22H22O12. The third kappa shape index (κ3) is 3.97. The summed E-state index contributed by atoms with van der Waals surface area (Å²) in [5, 5.41) is 69.9. The second kappa shape index (κ2) is 9.00. The first-order valence-electron chi connectivity index (χ1n) is 10.0. The first-order valence-corrected chi connectivity index (χ1v) is 10.0. The highest BCUT2D eigenvalue weighted by molar-refractivity contribution is 5.91. The van der Waals surface area contributed by atoms with E-state index in [1.807, 2.05) is 0 Å². The number of phenolic OH excluding ortho intramolecular Hbond substituents is 3. The molecule has 0 aliphatic carbocycles. The second-order valence-electron chi connectivity index (χ2n) is 7.62. The molecule has 1 aliphatic heterocycles. The molecule has 0 radical (unpaired) electrons. The normalized spacial score (nSPS) is 24.8. The molecule has 3 aromatic rings. The van der Waals surface area contributed by atoms with Gasteiger partial charge >= 0.3 is 0 Å². The zero-order valence-corrected chi connectivity index (χ0v) is 17.7. The number of aromatic hydroxyl groups is 3. The fraction of sp³-hybridized carbons (Fsp3) is 0.318. The monoisotopic (exact) mass is 478 g/mol. The molecule has 12 heteroatoms. The van der Waals surface area contributed by atoms with Crippen molar-refractivity contribution in [1.29, 1.82) is 0 Å². The van der Waals surface area contributed by atoms with E-state index in [1.54, 1.807) is 0 Å². The number of methoxy groups -OCH3 is 1. The summed E-state index contributed by atoms with van der Waals surface area (Å²) >= 11 is 0. The number of hydrogen-bond donors (Lipinski definition) is 7. The molecule has 7 N–H and O–H groups in total. The molecule has 182 valence electrons. The summed E-state index contributed by atoms with van der Waals surface area (Å²) in [6.45, 7) is -0.700. The van der Waals surface area contributed by atoms with Crippen molar-refractivity contribution in [2.75, 3.05) is 13.7 Å². The molecule has 2 heterocycles. The minimum absolute atomic E-state index is 0.0320. The largest absolute Gasteiger partial charge is 0.507 e. The number of benzene rings is 2. The fourth-order valence-electron chi connectivity index (χ4n) is 3.63. The predicted octanol–water partition coefficient (Wildman–Crippen LogP) is -0.236. The van der Waals surface area contributed by atoms with Crippen molar-refractivity contribution < 1.29 is 54.4 Å². The van der Waals surface area contributed by atoms with Gasteiger partial charge in [0.2, 0.25) is 12.0 Å². The van der Waals surface area contributed by atoms with Crippen LogP contribution < -0.4 is 14.9 Å². The van der Waals surface area contributed by atoms with Gasteiger partial charge in [0.15, 0.2) is 28.3 Å². The van der Waals surface area contributed by atoms with Crippen LogP contribution in [0.5, 0.6) is 28.7 Å². The van der Waals surface area contributed by atoms with Gasteiger partial charge in [0.25, 0.3) is 0 Å². The van der Waals surface area contributed by atoms with Crippen molar-refractivity contribution >= 4 is 11.0 Å². The minimum atomic E-state index is -1.78. The number of phenols is 3. The topological polar surface area (TPSA) is 200 Å². The number of aliphatic hydroxyl groups is 4. The van der Waals surface area contributed by atoms with E-state index in [2.05, 4.69) is 0 Å². The molecule has 1 aliphatic rings. The van der Waals surface area contributed by atoms with Crippen molar-refractivity contribution in [3.63, 3.8) is 0 Å². The maximum atomic E-state index is 12.7. The van der Waals surface area contributed by atoms with Crippen LogP contribution in [0.3, 0.4) is 0 Å². The summed E-state index contributed by atoms with van der Waals surface area (Å²) in [6, 6.07) is 6.11. The Kier molecular flexibility index (Phi) is 6.25. The highest BCUT2D eigenvalue weighted by Crippen LogP contribution is 2.42. The zero-order chi connectivity index (χ0) is 24.7. The summed E-state index contributed by atoms with van der Waals surface area (Å²) in [5.74, 6) is -1.89. The number of rotatable bonds is 5. The molecule has 0 unspecified atom stereocenters. The third-order valence-electron chi connectivity index (χ3n) is 5.48. The molecule has 0 saturated carbocycles. The van der Waals surface area contributed by atoms with Gasteiger partial charge in [-0.15, -0.1) is 0 Å². The summed E-state index contributed by atoms with van der Waals surface area (Å²) < 4.78 is 21.3. The molecule has 5 atom stereocenters. The molecule has 0 amide bonds. The highest BCUT2D eigenvalue weighted by Gasteiger charge is 2.45. The van der Waals surface area contributed by atoms with Crippen molar-refractivity contribution in [2.24, 2.45) is 0 Å². The van der Waals surface area contributed by atoms with Gasteiger partial charge in [-0.1, -0.05) is 0 Å². The van der Waals surface area contributed by atoms with Crippen LogP contribution in [0.25, 0.3) is 22.3 Å². The number of aliphatic hydroxyl groups excluding tert-OH is 4. The van der Waals surface area contributed by atoms with E-state index < -0.39 is 65.6 Å². The predicted molar refractivity (Wildman–Crippen MR) is 114 cm³/mol. The molecule has 2 aromatic carbocycles. The number of hydrogen-bond acceptors (Lipinski definition) is 12. The van der Waals surface area contributed by atoms with E-state index >= 15 is 0 Å². The minimum Gasteiger partial charge on any atom is -0.507 e. The van der Waals surface area contributed by atoms with Gasteiger partial charge in [-0.25, -0.2) is 0 Å². The van der Waals surface area contributed by atoms with Crippen LogP contribution in [0.2, 0.25) is 0 Å². The van der Waals surface area contributed by atoms with Crippen molar-refractivity contribution in [3.8, 4) is 40.1 Å². The van der Waals surface area contributed by atoms with Crippen LogP contribution in [0, 0.1) is 0 Å². The molecule has 12 nitrogen and oxygen atoms in total. The Labute approximate surface area is 191 Å². The lowest BCUT2D eigenvalue weighted by Gasteiger charge is -2.39. The molecule has 1 saturated heterocycles. The second-order valence-corrected chi connectivity index (χ2v) is 7.62. The van der Waals surface area contributed by atoms with Crippen molar-refractivity contribution in [1.82, 2.24) is 0 Å². The summed E-state index contributed by atoms with van der Waals surface area (Å²) in [5.41, 5.74) is -0.836. The summed E-state index contributed by atoms with van der Waals surface area (Å²) in [7, 11) is 1.34. The summed E-state index contributed by atoms with van der Waals surface area (Å²) in [6.07, 6.45) is -8.07. The lowest BCUT2D eigenvalue weighted by molar-refractivity contribution is -0.277. The first kappa shape index (κ1) is 23.6. The van der Waals surface area contributed by atoms with Gasteiger partial charge in [0, 0.05) is 17.7 Å². The fourth-order valence-corrected chi connectivity index (χ4v) is 3.63. The first-order chi connectivity index (χ1) is 16.2. The quantitative estimate of drug-likeness (QED) is 0.238. The van der Waals surface area contributed by atoms with Gasteiger partial charge in [0.1, 0.15) is 41.3 Å². The molecule has 0 spiro atoms. The van der Waals surface area contributed by atoms with E-state index in [0.29, 0.717) is 5.56 Å². The van der Waals surface area contributed by atoms with E-state index in [-0.39, 0.29) is 22.6 Å². The van der Waals surface area contributed by atoms with E-state index in [4.69, 9.17) is 18.6 Å². The Hall–Kier alpha value is -3.55. The molecule has 1 fully saturated rings. The van der Waals surface area contributed by atoms with E-state index in [0.717, 1.165) is 12.1 Å². The van der Waals surface area contributed by atoms with Crippen LogP contribution in [0.1, 0.15) is 0 Å². The maximum Gasteiger partial charge on any atom is 0.229 e. The van der Waals surface area contributed by atoms with Gasteiger partial charge in [-0.3, -0.25) is 4.79 Å². The summed E-state index contributed by atoms with van der Waals surface area (Å²) in [4.78, 5) is 12.7. The average molecular weight is 478 g/mol. The zero-order valence-electron chi connectivity index (χ0n) is 17.7. The SMILES string of the molecule is COc1cc(-c2cc(=O)c3c(O)cc(O[C@H]4O[C@@H](CO)[C@H](O)[C@H](O)[C@@H]4O)c(O)c3o2)ccc1O. The average Bonchev–Trinajstić information content (AvgIpc) is 2.82. The van der Waals surface area contributed by atoms with Crippen LogP contribution in [-0.2, 0) is 4.74 Å². The van der Waals surface area contributed by atoms with Crippen LogP contribution in [0.4, 0.5) is 0 Å². The van der Waals surface area contributed by atoms with Gasteiger partial charge in [-0.2, -0.15) is 0 Å². The van der Waals surface area contributed by atoms with Crippen LogP contribution >= 0.6 is 0 Å². The van der Waals surface area contributed by atoms with Crippen molar-refractivity contribution in [2.45, 2.75) is 30.7 Å². The van der Waals surface area contributed by atoms with Gasteiger partial charge in [-0.05, 0) is 18.2 Å². The number of fused-ring (bicyclic) bond motifs is 1. The lowest BCUT2D eigenvalue weighted by atomic mass is 9.99. The molecule has 1 aromatic heterocycles. The van der Waals surface area contributed by atoms with Gasteiger partial charge < -0.3 is 54.4 Å². The molecule has 0 bridgehead atoms. The third-order valence-corrected chi connectivity index (χ3v) is 5.48. The molecule has 34 heavy (non-hydrogen) atoms. The molecule has 4 rings (SSSR count). The smallest absolute Gasteiger partial charge is 0.229 e. The van der Waals surface area contributed by atoms with Crippen LogP contribution in [-0.4, -0.2) is 80.2 Å². The van der Waals surface area contributed by atoms with Crippen molar-refractivity contribution in [3.05, 3.63) is 40.6 Å². The number of ether oxygens (including phenoxy) is 3. The molecular weight excluding hydrogens is 456 g/mol. The standard InChI is InChI=1S/C22H22O12/c1-31-13-4-8(2-3-9(13)24)12-5-10(25)16-11(26)6-14(18(28)21(16)32-12)33-22-20(30)19(29)17(27)15(7-23)34-22/h2-6,15,17,19-20,22-24,26-30H,7H2,1H3/t15-,17-,19-,20-,22-/m0/s1. The Balaban J connectivity index is 1.78.